The van der Waals surface area contributed by atoms with Crippen LogP contribution in [0.2, 0.25) is 0 Å². The average Bonchev–Trinajstić information content (AvgIpc) is 2.83. The van der Waals surface area contributed by atoms with Gasteiger partial charge in [0.15, 0.2) is 0 Å². The number of nitrogen functional groups attached to an aromatic ring is 1. The second-order valence-corrected chi connectivity index (χ2v) is 4.26. The van der Waals surface area contributed by atoms with Crippen molar-refractivity contribution in [3.8, 4) is 0 Å². The molecule has 2 aromatic heterocycles. The first-order valence-corrected chi connectivity index (χ1v) is 5.90. The van der Waals surface area contributed by atoms with Crippen molar-refractivity contribution < 1.29 is 9.90 Å². The van der Waals surface area contributed by atoms with Crippen LogP contribution in [-0.2, 0) is 6.54 Å². The van der Waals surface area contributed by atoms with Crippen molar-refractivity contribution in [2.75, 3.05) is 5.73 Å². The summed E-state index contributed by atoms with van der Waals surface area (Å²) in [5.74, 6) is -0.556. The molecular formula is C13H12N4O2. The van der Waals surface area contributed by atoms with Gasteiger partial charge in [0, 0.05) is 11.9 Å². The van der Waals surface area contributed by atoms with Crippen molar-refractivity contribution in [2.45, 2.75) is 13.5 Å². The lowest BCUT2D eigenvalue weighted by molar-refractivity contribution is 0.0697. The zero-order valence-electron chi connectivity index (χ0n) is 10.3. The molecule has 96 valence electrons. The highest BCUT2D eigenvalue weighted by molar-refractivity contribution is 6.09. The van der Waals surface area contributed by atoms with Gasteiger partial charge in [-0.25, -0.2) is 9.78 Å². The van der Waals surface area contributed by atoms with Crippen molar-refractivity contribution in [1.29, 1.82) is 0 Å². The van der Waals surface area contributed by atoms with Crippen LogP contribution < -0.4 is 5.73 Å². The van der Waals surface area contributed by atoms with Crippen LogP contribution in [0.3, 0.4) is 0 Å². The van der Waals surface area contributed by atoms with Crippen LogP contribution in [0.5, 0.6) is 0 Å². The molecule has 0 unspecified atom stereocenters. The molecule has 3 N–H and O–H groups in total. The molecule has 6 heteroatoms. The Morgan fingerprint density at radius 2 is 2.21 bits per heavy atom. The fraction of sp³-hybridized carbons (Fsp3) is 0.154. The number of carboxylic acid groups (broad SMARTS) is 1. The summed E-state index contributed by atoms with van der Waals surface area (Å²) in [6, 6.07) is 4.80. The Hall–Kier alpha value is -2.63. The molecule has 0 aliphatic rings. The third kappa shape index (κ3) is 1.61. The average molecular weight is 256 g/mol. The first-order chi connectivity index (χ1) is 9.11. The fourth-order valence-corrected chi connectivity index (χ4v) is 2.24. The largest absolute Gasteiger partial charge is 0.478 e. The Morgan fingerprint density at radius 3 is 2.89 bits per heavy atom. The Bertz CT molecular complexity index is 807. The Kier molecular flexibility index (Phi) is 2.38. The second kappa shape index (κ2) is 3.94. The number of hydrogen-bond donors (Lipinski definition) is 2. The summed E-state index contributed by atoms with van der Waals surface area (Å²) in [4.78, 5) is 15.4. The third-order valence-electron chi connectivity index (χ3n) is 3.15. The minimum absolute atomic E-state index is 0.226. The van der Waals surface area contributed by atoms with Gasteiger partial charge in [-0.2, -0.15) is 5.10 Å². The normalized spacial score (nSPS) is 11.2. The van der Waals surface area contributed by atoms with E-state index in [1.807, 2.05) is 6.92 Å². The van der Waals surface area contributed by atoms with E-state index in [-0.39, 0.29) is 5.56 Å². The number of carbonyl (C=O) groups is 1. The quantitative estimate of drug-likeness (QED) is 0.730. The van der Waals surface area contributed by atoms with E-state index in [0.717, 1.165) is 16.3 Å². The minimum Gasteiger partial charge on any atom is -0.478 e. The van der Waals surface area contributed by atoms with Gasteiger partial charge < -0.3 is 10.8 Å². The number of aromatic carboxylic acids is 1. The summed E-state index contributed by atoms with van der Waals surface area (Å²) in [5, 5.41) is 14.8. The van der Waals surface area contributed by atoms with Crippen molar-refractivity contribution in [2.24, 2.45) is 0 Å². The van der Waals surface area contributed by atoms with Gasteiger partial charge in [0.1, 0.15) is 5.82 Å². The van der Waals surface area contributed by atoms with E-state index in [1.165, 1.54) is 6.07 Å². The number of aryl methyl sites for hydroxylation is 1. The lowest BCUT2D eigenvalue weighted by atomic mass is 10.1. The first kappa shape index (κ1) is 11.5. The predicted octanol–water partition coefficient (Wildman–Crippen LogP) is 1.88. The first-order valence-electron chi connectivity index (χ1n) is 5.90. The van der Waals surface area contributed by atoms with E-state index in [1.54, 1.807) is 23.0 Å². The van der Waals surface area contributed by atoms with Gasteiger partial charge in [0.05, 0.1) is 28.2 Å². The topological polar surface area (TPSA) is 94.0 Å². The Labute approximate surface area is 108 Å². The van der Waals surface area contributed by atoms with Crippen LogP contribution >= 0.6 is 0 Å². The number of benzene rings is 1. The second-order valence-electron chi connectivity index (χ2n) is 4.26. The monoisotopic (exact) mass is 256 g/mol. The van der Waals surface area contributed by atoms with E-state index in [9.17, 15) is 4.79 Å². The molecule has 0 spiro atoms. The molecular weight excluding hydrogens is 244 g/mol. The van der Waals surface area contributed by atoms with Gasteiger partial charge in [-0.3, -0.25) is 4.68 Å². The highest BCUT2D eigenvalue weighted by atomic mass is 16.4. The molecule has 0 aliphatic carbocycles. The molecule has 0 radical (unpaired) electrons. The molecule has 2 heterocycles. The summed E-state index contributed by atoms with van der Waals surface area (Å²) in [5.41, 5.74) is 7.63. The van der Waals surface area contributed by atoms with E-state index in [4.69, 9.17) is 10.8 Å². The molecule has 0 saturated carbocycles. The highest BCUT2D eigenvalue weighted by Gasteiger charge is 2.13. The number of pyridine rings is 1. The molecule has 19 heavy (non-hydrogen) atoms. The van der Waals surface area contributed by atoms with Gasteiger partial charge in [-0.05, 0) is 25.1 Å². The Balaban J connectivity index is 2.50. The van der Waals surface area contributed by atoms with E-state index in [2.05, 4.69) is 10.1 Å². The van der Waals surface area contributed by atoms with Gasteiger partial charge in [0.2, 0.25) is 0 Å². The molecule has 0 aliphatic heterocycles. The molecule has 1 aromatic carbocycles. The number of hydrogen-bond acceptors (Lipinski definition) is 4. The SMILES string of the molecule is CCn1ncc2c(N)nc3ccc(C(=O)O)cc3c21. The maximum Gasteiger partial charge on any atom is 0.335 e. The Morgan fingerprint density at radius 1 is 1.42 bits per heavy atom. The van der Waals surface area contributed by atoms with Crippen LogP contribution in [-0.4, -0.2) is 25.8 Å². The molecule has 0 atom stereocenters. The standard InChI is InChI=1S/C13H12N4O2/c1-2-17-11-8-5-7(13(18)19)3-4-10(8)16-12(14)9(11)6-15-17/h3-6H,2H2,1H3,(H2,14,16)(H,18,19). The lowest BCUT2D eigenvalue weighted by Crippen LogP contribution is -2.00. The zero-order chi connectivity index (χ0) is 13.6. The number of nitrogens with two attached hydrogens (primary N) is 1. The van der Waals surface area contributed by atoms with Gasteiger partial charge in [0.25, 0.3) is 0 Å². The van der Waals surface area contributed by atoms with Crippen molar-refractivity contribution in [3.05, 3.63) is 30.0 Å². The lowest BCUT2D eigenvalue weighted by Gasteiger charge is -2.06. The minimum atomic E-state index is -0.963. The molecule has 0 fully saturated rings. The van der Waals surface area contributed by atoms with Crippen LogP contribution in [0.4, 0.5) is 5.82 Å². The zero-order valence-corrected chi connectivity index (χ0v) is 10.3. The van der Waals surface area contributed by atoms with Crippen LogP contribution in [0, 0.1) is 0 Å². The molecule has 3 rings (SSSR count). The van der Waals surface area contributed by atoms with Gasteiger partial charge >= 0.3 is 5.97 Å². The maximum atomic E-state index is 11.1. The van der Waals surface area contributed by atoms with E-state index < -0.39 is 5.97 Å². The summed E-state index contributed by atoms with van der Waals surface area (Å²) in [6.07, 6.45) is 1.66. The maximum absolute atomic E-state index is 11.1. The van der Waals surface area contributed by atoms with Crippen LogP contribution in [0.1, 0.15) is 17.3 Å². The van der Waals surface area contributed by atoms with Crippen LogP contribution in [0.25, 0.3) is 21.8 Å². The molecule has 0 saturated heterocycles. The van der Waals surface area contributed by atoms with E-state index in [0.29, 0.717) is 17.9 Å². The highest BCUT2D eigenvalue weighted by Crippen LogP contribution is 2.28. The van der Waals surface area contributed by atoms with Crippen molar-refractivity contribution in [3.63, 3.8) is 0 Å². The smallest absolute Gasteiger partial charge is 0.335 e. The number of fused-ring (bicyclic) bond motifs is 3. The molecule has 0 amide bonds. The molecule has 3 aromatic rings. The summed E-state index contributed by atoms with van der Waals surface area (Å²) >= 11 is 0. The number of carboxylic acids is 1. The van der Waals surface area contributed by atoms with Crippen LogP contribution in [0.15, 0.2) is 24.4 Å². The fourth-order valence-electron chi connectivity index (χ4n) is 2.24. The summed E-state index contributed by atoms with van der Waals surface area (Å²) < 4.78 is 1.79. The summed E-state index contributed by atoms with van der Waals surface area (Å²) in [6.45, 7) is 2.65. The summed E-state index contributed by atoms with van der Waals surface area (Å²) in [7, 11) is 0. The molecule has 6 nitrogen and oxygen atoms in total. The molecule has 0 bridgehead atoms. The van der Waals surface area contributed by atoms with Gasteiger partial charge in [-0.1, -0.05) is 0 Å². The predicted molar refractivity (Wildman–Crippen MR) is 72.1 cm³/mol. The van der Waals surface area contributed by atoms with Crippen molar-refractivity contribution in [1.82, 2.24) is 14.8 Å². The van der Waals surface area contributed by atoms with Gasteiger partial charge in [-0.15, -0.1) is 0 Å². The number of rotatable bonds is 2. The number of anilines is 1. The van der Waals surface area contributed by atoms with E-state index >= 15 is 0 Å². The van der Waals surface area contributed by atoms with Crippen molar-refractivity contribution >= 4 is 33.6 Å². The number of nitrogens with zero attached hydrogens (tertiary/aromatic N) is 3. The third-order valence-corrected chi connectivity index (χ3v) is 3.15. The number of aromatic nitrogens is 3.